The Morgan fingerprint density at radius 1 is 0.486 bits per heavy atom. The van der Waals surface area contributed by atoms with Gasteiger partial charge in [-0.25, -0.2) is 4.79 Å². The van der Waals surface area contributed by atoms with Gasteiger partial charge in [0.25, 0.3) is 0 Å². The van der Waals surface area contributed by atoms with Crippen molar-refractivity contribution >= 4 is 13.8 Å². The first-order chi connectivity index (χ1) is 33.7. The van der Waals surface area contributed by atoms with Crippen LogP contribution in [0.15, 0.2) is 121 Å². The fraction of sp³-hybridized carbons (Fsp3) is 0.339. The van der Waals surface area contributed by atoms with Crippen LogP contribution in [0, 0.1) is 5.41 Å². The Morgan fingerprint density at radius 2 is 0.833 bits per heavy atom. The van der Waals surface area contributed by atoms with Crippen molar-refractivity contribution in [3.63, 3.8) is 0 Å². The van der Waals surface area contributed by atoms with Crippen LogP contribution in [0.25, 0.3) is 0 Å². The lowest BCUT2D eigenvalue weighted by Crippen LogP contribution is -2.10. The Balaban J connectivity index is 0. The third-order valence-corrected chi connectivity index (χ3v) is 8.35. The number of carbonyl (C=O) groups excluding carboxylic acids is 1. The number of hydrogen-bond donors (Lipinski definition) is 11. The van der Waals surface area contributed by atoms with Gasteiger partial charge >= 0.3 is 5.97 Å². The molecule has 6 aromatic rings. The maximum Gasteiger partial charge on any atom is 0.338 e. The minimum absolute atomic E-state index is 0.00347. The summed E-state index contributed by atoms with van der Waals surface area (Å²) in [6, 6.07) is 30.5. The van der Waals surface area contributed by atoms with E-state index in [2.05, 4.69) is 27.7 Å². The fourth-order valence-electron chi connectivity index (χ4n) is 4.88. The van der Waals surface area contributed by atoms with Crippen LogP contribution in [-0.2, 0) is 15.6 Å². The second-order valence-electron chi connectivity index (χ2n) is 18.8. The summed E-state index contributed by atoms with van der Waals surface area (Å²) < 4.78 is 20.6. The molecule has 6 aromatic carbocycles. The van der Waals surface area contributed by atoms with Gasteiger partial charge in [-0.1, -0.05) is 95.1 Å². The van der Waals surface area contributed by atoms with Crippen LogP contribution in [-0.4, -0.2) is 92.1 Å². The molecule has 0 unspecified atom stereocenters. The van der Waals surface area contributed by atoms with Crippen molar-refractivity contribution in [1.29, 1.82) is 1.34 Å². The van der Waals surface area contributed by atoms with Crippen molar-refractivity contribution < 1.29 is 75.2 Å². The molecular weight excluding hydrogens is 923 g/mol. The van der Waals surface area contributed by atoms with Crippen LogP contribution < -0.4 is 9.47 Å². The summed E-state index contributed by atoms with van der Waals surface area (Å²) in [5, 5.41) is 99.5. The van der Waals surface area contributed by atoms with E-state index in [0.717, 1.165) is 34.8 Å². The lowest BCUT2D eigenvalue weighted by atomic mass is 9.86. The fourth-order valence-corrected chi connectivity index (χ4v) is 4.88. The molecule has 0 aromatic heterocycles. The highest BCUT2D eigenvalue weighted by Gasteiger charge is 2.20. The molecule has 0 aliphatic rings. The SMILES string of the molecule is CC(C)(C)C.CC(C)(C)c1cc(O)ccc1O.CC(C)(C)c1cccc(O)c1O.CCCOC(=O)c1cc(O)c(O)c(O)c1.COc1ccc(O)cc1.COc1ccc(O)cc1.Oc1ccc(O)cc1.[3H][B]C. The topological polar surface area (TPSA) is 267 Å². The normalized spacial score (nSPS) is 10.2. The zero-order valence-electron chi connectivity index (χ0n) is 45.1. The molecule has 15 nitrogen and oxygen atoms in total. The first kappa shape index (κ1) is 64.3. The van der Waals surface area contributed by atoms with Crippen molar-refractivity contribution in [2.45, 2.75) is 100 Å². The van der Waals surface area contributed by atoms with Gasteiger partial charge in [0.2, 0.25) is 0 Å². The van der Waals surface area contributed by atoms with Gasteiger partial charge in [0.15, 0.2) is 28.7 Å². The monoisotopic (exact) mass is 1000 g/mol. The second kappa shape index (κ2) is 33.0. The summed E-state index contributed by atoms with van der Waals surface area (Å²) in [4.78, 5) is 11.3. The lowest BCUT2D eigenvalue weighted by Gasteiger charge is -2.20. The Morgan fingerprint density at radius 3 is 1.14 bits per heavy atom. The first-order valence-electron chi connectivity index (χ1n) is 23.1. The van der Waals surface area contributed by atoms with Gasteiger partial charge in [0.05, 0.1) is 34.2 Å². The van der Waals surface area contributed by atoms with E-state index in [9.17, 15) is 25.2 Å². The van der Waals surface area contributed by atoms with Crippen molar-refractivity contribution in [3.05, 3.63) is 138 Å². The molecule has 0 amide bonds. The largest absolute Gasteiger partial charge is 0.508 e. The van der Waals surface area contributed by atoms with Gasteiger partial charge in [0.1, 0.15) is 46.0 Å². The summed E-state index contributed by atoms with van der Waals surface area (Å²) in [5.41, 5.74) is 1.76. The lowest BCUT2D eigenvalue weighted by molar-refractivity contribution is 0.0504. The molecule has 1 radical (unpaired) electrons. The Kier molecular flexibility index (Phi) is 29.4. The van der Waals surface area contributed by atoms with E-state index in [4.69, 9.17) is 51.3 Å². The summed E-state index contributed by atoms with van der Waals surface area (Å²) >= 11 is 0. The van der Waals surface area contributed by atoms with Crippen LogP contribution in [0.5, 0.6) is 74.7 Å². The van der Waals surface area contributed by atoms with E-state index in [1.807, 2.05) is 54.5 Å². The van der Waals surface area contributed by atoms with Crippen LogP contribution >= 0.6 is 0 Å². The number of phenolic OH excluding ortho intramolecular Hbond substituents is 11. The number of rotatable bonds is 5. The van der Waals surface area contributed by atoms with Gasteiger partial charge in [-0.3, -0.25) is 0 Å². The van der Waals surface area contributed by atoms with Crippen molar-refractivity contribution in [2.75, 3.05) is 20.8 Å². The van der Waals surface area contributed by atoms with Crippen LogP contribution in [0.4, 0.5) is 0 Å². The predicted molar refractivity (Wildman–Crippen MR) is 286 cm³/mol. The standard InChI is InChI=1S/C10H12O5.2C10H14O2.2C7H8O2.C6H6O2.C5H12.CH4B/c1-2-3-15-10(14)6-4-7(11)9(13)8(12)5-6;1-10(2,3)8-6-7(11)4-5-9(8)12;1-10(2,3)7-5-4-6-8(11)9(7)12;2*1-9-7-4-2-6(8)3-5-7;7-5-1-2-6(8)4-3-5;1-5(2,3)4;1-2/h4-5,11-13H,2-3H2,1H3;2*4-6,11-12H,1-3H3;2*2-5,8H,1H3;1-4,7-8H;1-4H3;2H,1H3/i;;;;;;;2T. The minimum Gasteiger partial charge on any atom is -0.508 e. The summed E-state index contributed by atoms with van der Waals surface area (Å²) in [5.74, 6) is 0.324. The number of esters is 1. The van der Waals surface area contributed by atoms with Crippen LogP contribution in [0.3, 0.4) is 0 Å². The number of carbonyl (C=O) groups is 1. The number of methoxy groups -OCH3 is 2. The molecule has 0 fully saturated rings. The molecular formula is C56H78BO15. The minimum atomic E-state index is -0.651. The number of benzene rings is 6. The molecule has 0 saturated heterocycles. The zero-order chi connectivity index (χ0) is 56.7. The number of ether oxygens (including phenoxy) is 3. The van der Waals surface area contributed by atoms with E-state index in [1.54, 1.807) is 81.7 Å². The van der Waals surface area contributed by atoms with E-state index >= 15 is 0 Å². The van der Waals surface area contributed by atoms with E-state index in [0.29, 0.717) is 11.8 Å². The molecule has 6 rings (SSSR count). The third kappa shape index (κ3) is 29.3. The maximum atomic E-state index is 11.3. The number of aromatic hydroxyl groups is 11. The Labute approximate surface area is 428 Å². The van der Waals surface area contributed by atoms with Crippen molar-refractivity contribution in [1.82, 2.24) is 0 Å². The number of phenols is 11. The van der Waals surface area contributed by atoms with Gasteiger partial charge in [-0.2, -0.15) is 0 Å². The van der Waals surface area contributed by atoms with E-state index in [-0.39, 0.29) is 69.0 Å². The van der Waals surface area contributed by atoms with Crippen molar-refractivity contribution in [3.8, 4) is 74.7 Å². The van der Waals surface area contributed by atoms with Gasteiger partial charge in [-0.05, 0) is 133 Å². The smallest absolute Gasteiger partial charge is 0.338 e. The summed E-state index contributed by atoms with van der Waals surface area (Å²) in [7, 11) is 4.43. The molecule has 72 heavy (non-hydrogen) atoms. The highest BCUT2D eigenvalue weighted by molar-refractivity contribution is 6.05. The average Bonchev–Trinajstić information content (AvgIpc) is 3.30. The molecule has 0 aliphatic heterocycles. The Bertz CT molecular complexity index is 2340. The maximum absolute atomic E-state index is 11.3. The first-order valence-corrected chi connectivity index (χ1v) is 22.5. The molecule has 11 N–H and O–H groups in total. The summed E-state index contributed by atoms with van der Waals surface area (Å²) in [6.45, 7) is 24.5. The highest BCUT2D eigenvalue weighted by atomic mass is 16.5. The molecule has 0 saturated carbocycles. The van der Waals surface area contributed by atoms with Gasteiger partial charge < -0.3 is 70.4 Å². The number of hydrogen-bond acceptors (Lipinski definition) is 15. The second-order valence-corrected chi connectivity index (χ2v) is 18.8. The molecule has 16 heteroatoms. The average molecular weight is 1000 g/mol. The van der Waals surface area contributed by atoms with Crippen LogP contribution in [0.1, 0.15) is 104 Å². The Hall–Kier alpha value is -7.75. The molecule has 395 valence electrons. The molecule has 0 bridgehead atoms. The van der Waals surface area contributed by atoms with Gasteiger partial charge in [0, 0.05) is 11.1 Å². The quantitative estimate of drug-likeness (QED) is 0.0332. The van der Waals surface area contributed by atoms with E-state index in [1.165, 1.54) is 50.3 Å². The van der Waals surface area contributed by atoms with E-state index < -0.39 is 23.2 Å². The van der Waals surface area contributed by atoms with Crippen molar-refractivity contribution in [2.24, 2.45) is 5.41 Å². The highest BCUT2D eigenvalue weighted by Crippen LogP contribution is 2.37. The van der Waals surface area contributed by atoms with Gasteiger partial charge in [-0.15, -0.1) is 0 Å². The van der Waals surface area contributed by atoms with Crippen LogP contribution in [0.2, 0.25) is 6.82 Å². The zero-order valence-corrected chi connectivity index (χ0v) is 44.1. The molecule has 0 spiro atoms. The molecule has 0 atom stereocenters. The molecule has 0 heterocycles. The summed E-state index contributed by atoms with van der Waals surface area (Å²) in [6.07, 6.45) is 0.682. The third-order valence-electron chi connectivity index (χ3n) is 8.35. The number of para-hydroxylation sites is 1. The molecule has 0 aliphatic carbocycles. The predicted octanol–water partition coefficient (Wildman–Crippen LogP) is 12.0.